The number of aliphatic hydroxyl groups is 2. The fourth-order valence-corrected chi connectivity index (χ4v) is 6.94. The Balaban J connectivity index is 2.84. The van der Waals surface area contributed by atoms with Crippen molar-refractivity contribution in [2.75, 3.05) is 13.2 Å². The summed E-state index contributed by atoms with van der Waals surface area (Å²) in [7, 11) is 0. The molecule has 0 aromatic rings. The summed E-state index contributed by atoms with van der Waals surface area (Å²) in [6, 6.07) is 0. The van der Waals surface area contributed by atoms with E-state index >= 15 is 0 Å². The molecule has 0 aromatic heterocycles. The first-order valence-electron chi connectivity index (χ1n) is 26.8. The molecule has 1 rings (SSSR count). The Kier molecular flexibility index (Phi) is 42.8. The fraction of sp³-hybridized carbons (Fsp3) is 0.541. The Labute approximate surface area is 438 Å². The van der Waals surface area contributed by atoms with Gasteiger partial charge in [-0.1, -0.05) is 186 Å². The summed E-state index contributed by atoms with van der Waals surface area (Å²) in [6.45, 7) is 5.44. The third-order valence-electron chi connectivity index (χ3n) is 10.9. The molecule has 1 fully saturated rings. The van der Waals surface area contributed by atoms with Crippen molar-refractivity contribution in [2.24, 2.45) is 0 Å². The molecule has 6 unspecified atom stereocenters. The minimum Gasteiger partial charge on any atom is -0.479 e. The van der Waals surface area contributed by atoms with Crippen molar-refractivity contribution < 1.29 is 58.2 Å². The molecule has 1 saturated heterocycles. The first kappa shape index (κ1) is 65.6. The molecule has 6 atom stereocenters. The van der Waals surface area contributed by atoms with Crippen LogP contribution >= 0.6 is 0 Å². The predicted molar refractivity (Wildman–Crippen MR) is 293 cm³/mol. The maximum absolute atomic E-state index is 13.0. The predicted octanol–water partition coefficient (Wildman–Crippen LogP) is 13.2. The topological polar surface area (TPSA) is 175 Å². The number of aliphatic hydroxyl groups excluding tert-OH is 2. The molecule has 0 bridgehead atoms. The third-order valence-corrected chi connectivity index (χ3v) is 10.9. The smallest absolute Gasteiger partial charge is 0.335 e. The van der Waals surface area contributed by atoms with Crippen molar-refractivity contribution >= 4 is 23.9 Å². The third kappa shape index (κ3) is 37.9. The Bertz CT molecular complexity index is 1830. The van der Waals surface area contributed by atoms with Crippen LogP contribution in [0.25, 0.3) is 0 Å². The minimum absolute atomic E-state index is 0.0113. The Morgan fingerprint density at radius 1 is 0.466 bits per heavy atom. The number of carboxylic acid groups (broad SMARTS) is 1. The van der Waals surface area contributed by atoms with Crippen molar-refractivity contribution in [3.8, 4) is 0 Å². The van der Waals surface area contributed by atoms with E-state index in [-0.39, 0.29) is 19.3 Å². The summed E-state index contributed by atoms with van der Waals surface area (Å²) in [5, 5.41) is 31.4. The number of hydrogen-bond donors (Lipinski definition) is 3. The van der Waals surface area contributed by atoms with E-state index in [1.165, 1.54) is 0 Å². The number of rotatable bonds is 42. The SMILES string of the molecule is CC/C=C\C/C=C\C/C=C\C/C=C\C/C=C\CC(=O)OCC(COC1OC(C(=O)O)C(O)C(O)C1OC(=O)CCCCCCC/C=C\C/C=C\C/C=C\CC)OC(=O)CC/C=C\C/C=C\C/C=C\C/C=C\CC. The van der Waals surface area contributed by atoms with Gasteiger partial charge in [0.1, 0.15) is 18.8 Å². The molecule has 0 saturated carbocycles. The number of ether oxygens (including phenoxy) is 5. The molecule has 73 heavy (non-hydrogen) atoms. The minimum atomic E-state index is -1.94. The van der Waals surface area contributed by atoms with Gasteiger partial charge < -0.3 is 39.0 Å². The fourth-order valence-electron chi connectivity index (χ4n) is 6.94. The normalized spacial score (nSPS) is 19.5. The molecule has 0 aliphatic carbocycles. The average Bonchev–Trinajstić information content (AvgIpc) is 3.37. The average molecular weight is 1020 g/mol. The van der Waals surface area contributed by atoms with Crippen LogP contribution in [0.3, 0.4) is 0 Å². The quantitative estimate of drug-likeness (QED) is 0.0229. The van der Waals surface area contributed by atoms with Crippen LogP contribution in [-0.4, -0.2) is 89.2 Å². The van der Waals surface area contributed by atoms with Gasteiger partial charge in [-0.3, -0.25) is 14.4 Å². The highest BCUT2D eigenvalue weighted by atomic mass is 16.7. The molecule has 3 N–H and O–H groups in total. The van der Waals surface area contributed by atoms with Crippen LogP contribution in [-0.2, 0) is 42.9 Å². The summed E-state index contributed by atoms with van der Waals surface area (Å²) < 4.78 is 28.1. The Hall–Kier alpha value is -5.40. The molecule has 1 aliphatic rings. The van der Waals surface area contributed by atoms with E-state index in [9.17, 15) is 34.5 Å². The van der Waals surface area contributed by atoms with Gasteiger partial charge in [0.25, 0.3) is 0 Å². The molecule has 1 aliphatic heterocycles. The molecule has 0 radical (unpaired) electrons. The number of carboxylic acids is 1. The van der Waals surface area contributed by atoms with E-state index < -0.39 is 73.9 Å². The van der Waals surface area contributed by atoms with Crippen molar-refractivity contribution in [1.29, 1.82) is 0 Å². The van der Waals surface area contributed by atoms with Crippen molar-refractivity contribution in [1.82, 2.24) is 0 Å². The number of hydrogen-bond acceptors (Lipinski definition) is 11. The van der Waals surface area contributed by atoms with E-state index in [0.29, 0.717) is 25.7 Å². The maximum atomic E-state index is 13.0. The van der Waals surface area contributed by atoms with Gasteiger partial charge in [-0.05, 0) is 103 Å². The first-order chi connectivity index (χ1) is 35.6. The lowest BCUT2D eigenvalue weighted by atomic mass is 9.98. The highest BCUT2D eigenvalue weighted by molar-refractivity contribution is 5.74. The zero-order valence-electron chi connectivity index (χ0n) is 44.3. The summed E-state index contributed by atoms with van der Waals surface area (Å²) >= 11 is 0. The second-order valence-electron chi connectivity index (χ2n) is 17.4. The molecule has 0 aromatic carbocycles. The van der Waals surface area contributed by atoms with E-state index in [1.807, 2.05) is 36.5 Å². The molecule has 12 heteroatoms. The van der Waals surface area contributed by atoms with Crippen LogP contribution in [0, 0.1) is 0 Å². The van der Waals surface area contributed by atoms with Crippen LogP contribution in [0.5, 0.6) is 0 Å². The largest absolute Gasteiger partial charge is 0.479 e. The summed E-state index contributed by atoms with van der Waals surface area (Å²) in [6.07, 6.45) is 55.9. The van der Waals surface area contributed by atoms with E-state index in [2.05, 4.69) is 124 Å². The van der Waals surface area contributed by atoms with Gasteiger partial charge in [0, 0.05) is 12.8 Å². The van der Waals surface area contributed by atoms with Gasteiger partial charge in [0.15, 0.2) is 24.6 Å². The van der Waals surface area contributed by atoms with Gasteiger partial charge in [-0.25, -0.2) is 4.79 Å². The number of esters is 3. The molecular formula is C61H90O12. The van der Waals surface area contributed by atoms with Crippen molar-refractivity contribution in [2.45, 2.75) is 199 Å². The first-order valence-corrected chi connectivity index (χ1v) is 26.8. The number of carbonyl (C=O) groups is 4. The molecule has 0 amide bonds. The van der Waals surface area contributed by atoms with E-state index in [1.54, 1.807) is 6.08 Å². The lowest BCUT2D eigenvalue weighted by Crippen LogP contribution is -2.61. The molecule has 12 nitrogen and oxygen atoms in total. The van der Waals surface area contributed by atoms with Gasteiger partial charge in [-0.15, -0.1) is 0 Å². The number of aliphatic carboxylic acids is 1. The number of unbranched alkanes of at least 4 members (excludes halogenated alkanes) is 5. The summed E-state index contributed by atoms with van der Waals surface area (Å²) in [5.41, 5.74) is 0. The van der Waals surface area contributed by atoms with E-state index in [4.69, 9.17) is 23.7 Å². The highest BCUT2D eigenvalue weighted by Gasteiger charge is 2.50. The molecule has 0 spiro atoms. The van der Waals surface area contributed by atoms with Gasteiger partial charge in [-0.2, -0.15) is 0 Å². The number of carbonyl (C=O) groups excluding carboxylic acids is 3. The summed E-state index contributed by atoms with van der Waals surface area (Å²) in [5.74, 6) is -3.45. The second kappa shape index (κ2) is 47.6. The van der Waals surface area contributed by atoms with Crippen molar-refractivity contribution in [3.05, 3.63) is 146 Å². The summed E-state index contributed by atoms with van der Waals surface area (Å²) in [4.78, 5) is 50.8. The zero-order chi connectivity index (χ0) is 53.3. The van der Waals surface area contributed by atoms with Gasteiger partial charge in [0.05, 0.1) is 13.0 Å². The Morgan fingerprint density at radius 3 is 1.37 bits per heavy atom. The maximum Gasteiger partial charge on any atom is 0.335 e. The second-order valence-corrected chi connectivity index (χ2v) is 17.4. The monoisotopic (exact) mass is 1010 g/mol. The molecule has 1 heterocycles. The van der Waals surface area contributed by atoms with Gasteiger partial charge in [0.2, 0.25) is 0 Å². The lowest BCUT2D eigenvalue weighted by Gasteiger charge is -2.40. The van der Waals surface area contributed by atoms with Crippen LogP contribution in [0.1, 0.15) is 162 Å². The van der Waals surface area contributed by atoms with Crippen LogP contribution < -0.4 is 0 Å². The molecular weight excluding hydrogens is 925 g/mol. The van der Waals surface area contributed by atoms with E-state index in [0.717, 1.165) is 96.3 Å². The lowest BCUT2D eigenvalue weighted by molar-refractivity contribution is -0.301. The zero-order valence-corrected chi connectivity index (χ0v) is 44.3. The Morgan fingerprint density at radius 2 is 0.890 bits per heavy atom. The van der Waals surface area contributed by atoms with Crippen LogP contribution in [0.15, 0.2) is 146 Å². The standard InChI is InChI=1S/C61H90O12/c1-4-7-10-13-16-19-22-25-27-30-32-35-38-41-44-47-53(62)69-50-52(71-54(63)48-45-42-39-36-33-29-24-21-18-15-12-9-6-3)51-70-61-59(57(66)56(65)58(73-61)60(67)68)72-55(64)49-46-43-40-37-34-31-28-26-23-20-17-14-11-8-5-2/h7-12,16-21,25-29,32-33,35,39,41-42,44,52,56-59,61,65-66H,4-6,13-15,22-24,30-31,34,36-38,40,43,45-51H2,1-3H3,(H,67,68)/b10-7-,11-8-,12-9-,19-16-,20-17-,21-18-,27-25-,28-26-,33-29-,35-32-,42-39-,44-41-. The highest BCUT2D eigenvalue weighted by Crippen LogP contribution is 2.26. The number of allylic oxidation sites excluding steroid dienone is 23. The van der Waals surface area contributed by atoms with Crippen LogP contribution in [0.2, 0.25) is 0 Å². The van der Waals surface area contributed by atoms with Gasteiger partial charge >= 0.3 is 23.9 Å². The van der Waals surface area contributed by atoms with Crippen LogP contribution in [0.4, 0.5) is 0 Å². The molecule has 406 valence electrons. The van der Waals surface area contributed by atoms with Crippen molar-refractivity contribution in [3.63, 3.8) is 0 Å².